The van der Waals surface area contributed by atoms with Crippen molar-refractivity contribution in [1.29, 1.82) is 0 Å². The number of para-hydroxylation sites is 1. The van der Waals surface area contributed by atoms with E-state index in [0.717, 1.165) is 28.7 Å². The smallest absolute Gasteiger partial charge is 0.358 e. The monoisotopic (exact) mass is 384 g/mol. The van der Waals surface area contributed by atoms with Gasteiger partial charge < -0.3 is 9.88 Å². The first-order chi connectivity index (χ1) is 13.3. The quantitative estimate of drug-likeness (QED) is 0.629. The van der Waals surface area contributed by atoms with Gasteiger partial charge in [0.05, 0.1) is 5.56 Å². The fraction of sp³-hybridized carbons (Fsp3) is 0.227. The average molecular weight is 384 g/mol. The van der Waals surface area contributed by atoms with E-state index in [4.69, 9.17) is 0 Å². The van der Waals surface area contributed by atoms with Gasteiger partial charge in [-0.25, -0.2) is 0 Å². The van der Waals surface area contributed by atoms with Crippen LogP contribution < -0.4 is 0 Å². The minimum absolute atomic E-state index is 0.250. The van der Waals surface area contributed by atoms with Crippen LogP contribution in [-0.2, 0) is 6.18 Å². The molecular formula is C22H19F3N2O. The van der Waals surface area contributed by atoms with Crippen molar-refractivity contribution >= 4 is 22.4 Å². The second-order valence-electron chi connectivity index (χ2n) is 6.98. The second kappa shape index (κ2) is 6.86. The lowest BCUT2D eigenvalue weighted by molar-refractivity contribution is -0.137. The van der Waals surface area contributed by atoms with Gasteiger partial charge in [-0.2, -0.15) is 13.2 Å². The van der Waals surface area contributed by atoms with E-state index in [2.05, 4.69) is 11.1 Å². The molecule has 0 spiro atoms. The van der Waals surface area contributed by atoms with E-state index in [1.165, 1.54) is 23.3 Å². The first kappa shape index (κ1) is 18.3. The summed E-state index contributed by atoms with van der Waals surface area (Å²) < 4.78 is 38.1. The SMILES string of the molecule is Cc1[nH]c2ccccc2c1C1=CCN(C(=O)c2ccc(C(F)(F)F)cc2)CC1. The number of carbonyl (C=O) groups excluding carboxylic acids is 1. The van der Waals surface area contributed by atoms with E-state index in [1.807, 2.05) is 31.2 Å². The van der Waals surface area contributed by atoms with Gasteiger partial charge in [-0.05, 0) is 49.2 Å². The highest BCUT2D eigenvalue weighted by Gasteiger charge is 2.30. The third kappa shape index (κ3) is 3.30. The molecular weight excluding hydrogens is 365 g/mol. The van der Waals surface area contributed by atoms with Gasteiger partial charge in [-0.3, -0.25) is 4.79 Å². The summed E-state index contributed by atoms with van der Waals surface area (Å²) >= 11 is 0. The van der Waals surface area contributed by atoms with Gasteiger partial charge in [0.25, 0.3) is 5.91 Å². The highest BCUT2D eigenvalue weighted by atomic mass is 19.4. The Morgan fingerprint density at radius 2 is 1.79 bits per heavy atom. The third-order valence-electron chi connectivity index (χ3n) is 5.17. The molecule has 1 aliphatic heterocycles. The number of carbonyl (C=O) groups is 1. The molecule has 3 aromatic rings. The Kier molecular flexibility index (Phi) is 4.49. The van der Waals surface area contributed by atoms with Crippen molar-refractivity contribution in [3.63, 3.8) is 0 Å². The molecule has 1 aliphatic rings. The van der Waals surface area contributed by atoms with E-state index < -0.39 is 11.7 Å². The van der Waals surface area contributed by atoms with Gasteiger partial charge in [-0.1, -0.05) is 24.3 Å². The minimum Gasteiger partial charge on any atom is -0.358 e. The Labute approximate surface area is 160 Å². The van der Waals surface area contributed by atoms with Crippen molar-refractivity contribution < 1.29 is 18.0 Å². The van der Waals surface area contributed by atoms with Crippen molar-refractivity contribution in [1.82, 2.24) is 9.88 Å². The van der Waals surface area contributed by atoms with Crippen LogP contribution in [0, 0.1) is 6.92 Å². The maximum absolute atomic E-state index is 12.7. The summed E-state index contributed by atoms with van der Waals surface area (Å²) in [4.78, 5) is 17.7. The van der Waals surface area contributed by atoms with Gasteiger partial charge >= 0.3 is 6.18 Å². The van der Waals surface area contributed by atoms with Crippen LogP contribution in [0.2, 0.25) is 0 Å². The zero-order valence-electron chi connectivity index (χ0n) is 15.3. The molecule has 0 radical (unpaired) electrons. The number of aromatic amines is 1. The number of aryl methyl sites for hydroxylation is 1. The molecule has 0 unspecified atom stereocenters. The molecule has 1 aromatic heterocycles. The van der Waals surface area contributed by atoms with Crippen molar-refractivity contribution in [2.45, 2.75) is 19.5 Å². The molecule has 0 aliphatic carbocycles. The van der Waals surface area contributed by atoms with Crippen LogP contribution in [-0.4, -0.2) is 28.9 Å². The number of aromatic nitrogens is 1. The number of amides is 1. The molecule has 3 nitrogen and oxygen atoms in total. The highest BCUT2D eigenvalue weighted by Crippen LogP contribution is 2.33. The Morgan fingerprint density at radius 1 is 1.07 bits per heavy atom. The second-order valence-corrected chi connectivity index (χ2v) is 6.98. The number of alkyl halides is 3. The Bertz CT molecular complexity index is 1060. The predicted octanol–water partition coefficient (Wildman–Crippen LogP) is 5.42. The van der Waals surface area contributed by atoms with Crippen LogP contribution in [0.4, 0.5) is 13.2 Å². The number of H-pyrrole nitrogens is 1. The van der Waals surface area contributed by atoms with E-state index in [-0.39, 0.29) is 11.5 Å². The summed E-state index contributed by atoms with van der Waals surface area (Å²) in [5, 5.41) is 1.16. The molecule has 0 bridgehead atoms. The van der Waals surface area contributed by atoms with Gasteiger partial charge in [0.15, 0.2) is 0 Å². The third-order valence-corrected chi connectivity index (χ3v) is 5.17. The lowest BCUT2D eigenvalue weighted by Crippen LogP contribution is -2.34. The Morgan fingerprint density at radius 3 is 2.43 bits per heavy atom. The maximum atomic E-state index is 12.7. The van der Waals surface area contributed by atoms with Crippen LogP contribution in [0.25, 0.3) is 16.5 Å². The first-order valence-electron chi connectivity index (χ1n) is 9.08. The fourth-order valence-electron chi connectivity index (χ4n) is 3.76. The number of hydrogen-bond donors (Lipinski definition) is 1. The Balaban J connectivity index is 1.53. The molecule has 2 aromatic carbocycles. The molecule has 0 atom stereocenters. The van der Waals surface area contributed by atoms with Gasteiger partial charge in [0, 0.05) is 40.8 Å². The summed E-state index contributed by atoms with van der Waals surface area (Å²) in [6, 6.07) is 12.5. The number of nitrogens with zero attached hydrogens (tertiary/aromatic N) is 1. The Hall–Kier alpha value is -3.02. The fourth-order valence-corrected chi connectivity index (χ4v) is 3.76. The number of fused-ring (bicyclic) bond motifs is 1. The van der Waals surface area contributed by atoms with Crippen LogP contribution >= 0.6 is 0 Å². The predicted molar refractivity (Wildman–Crippen MR) is 103 cm³/mol. The largest absolute Gasteiger partial charge is 0.416 e. The van der Waals surface area contributed by atoms with E-state index >= 15 is 0 Å². The summed E-state index contributed by atoms with van der Waals surface area (Å²) in [6.07, 6.45) is -1.66. The highest BCUT2D eigenvalue weighted by molar-refractivity contribution is 5.97. The molecule has 2 heterocycles. The molecule has 0 saturated carbocycles. The minimum atomic E-state index is -4.40. The summed E-state index contributed by atoms with van der Waals surface area (Å²) in [6.45, 7) is 3.01. The zero-order chi connectivity index (χ0) is 19.9. The average Bonchev–Trinajstić information content (AvgIpc) is 3.02. The standard InChI is InChI=1S/C22H19F3N2O/c1-14-20(18-4-2-3-5-19(18)26-14)15-10-12-27(13-11-15)21(28)16-6-8-17(9-7-16)22(23,24)25/h2-10,26H,11-13H2,1H3. The molecule has 0 saturated heterocycles. The zero-order valence-corrected chi connectivity index (χ0v) is 15.3. The number of nitrogens with one attached hydrogen (secondary N) is 1. The van der Waals surface area contributed by atoms with Crippen LogP contribution in [0.15, 0.2) is 54.6 Å². The molecule has 6 heteroatoms. The normalized spacial score (nSPS) is 15.0. The summed E-state index contributed by atoms with van der Waals surface area (Å²) in [5.74, 6) is -0.250. The van der Waals surface area contributed by atoms with Crippen LogP contribution in [0.3, 0.4) is 0 Å². The van der Waals surface area contributed by atoms with Crippen LogP contribution in [0.1, 0.15) is 33.6 Å². The number of halogens is 3. The van der Waals surface area contributed by atoms with Crippen molar-refractivity contribution in [3.05, 3.63) is 77.0 Å². The summed E-state index contributed by atoms with van der Waals surface area (Å²) in [7, 11) is 0. The number of rotatable bonds is 2. The molecule has 4 rings (SSSR count). The van der Waals surface area contributed by atoms with Gasteiger partial charge in [0.1, 0.15) is 0 Å². The van der Waals surface area contributed by atoms with Crippen molar-refractivity contribution in [3.8, 4) is 0 Å². The molecule has 1 amide bonds. The van der Waals surface area contributed by atoms with Gasteiger partial charge in [0.2, 0.25) is 0 Å². The molecule has 144 valence electrons. The number of benzene rings is 2. The molecule has 28 heavy (non-hydrogen) atoms. The van der Waals surface area contributed by atoms with Crippen molar-refractivity contribution in [2.24, 2.45) is 0 Å². The first-order valence-corrected chi connectivity index (χ1v) is 9.08. The van der Waals surface area contributed by atoms with E-state index in [1.54, 1.807) is 4.90 Å². The maximum Gasteiger partial charge on any atom is 0.416 e. The summed E-state index contributed by atoms with van der Waals surface area (Å²) in [5.41, 5.74) is 4.06. The molecule has 0 fully saturated rings. The topological polar surface area (TPSA) is 36.1 Å². The van der Waals surface area contributed by atoms with Crippen molar-refractivity contribution in [2.75, 3.05) is 13.1 Å². The van der Waals surface area contributed by atoms with E-state index in [9.17, 15) is 18.0 Å². The lowest BCUT2D eigenvalue weighted by atomic mass is 9.96. The number of hydrogen-bond acceptors (Lipinski definition) is 1. The van der Waals surface area contributed by atoms with Gasteiger partial charge in [-0.15, -0.1) is 0 Å². The molecule has 1 N–H and O–H groups in total. The lowest BCUT2D eigenvalue weighted by Gasteiger charge is -2.27. The van der Waals surface area contributed by atoms with E-state index in [0.29, 0.717) is 19.5 Å². The van der Waals surface area contributed by atoms with Crippen LogP contribution in [0.5, 0.6) is 0 Å².